The van der Waals surface area contributed by atoms with Gasteiger partial charge in [-0.1, -0.05) is 125 Å². The highest BCUT2D eigenvalue weighted by atomic mass is 79.9. The van der Waals surface area contributed by atoms with Crippen molar-refractivity contribution in [2.75, 3.05) is 6.61 Å². The Bertz CT molecular complexity index is 1680. The second-order valence-corrected chi connectivity index (χ2v) is 19.3. The lowest BCUT2D eigenvalue weighted by Crippen LogP contribution is -2.67. The Balaban J connectivity index is 1.64. The van der Waals surface area contributed by atoms with Crippen LogP contribution in [0, 0.1) is 5.41 Å². The van der Waals surface area contributed by atoms with E-state index in [1.165, 1.54) is 38.1 Å². The van der Waals surface area contributed by atoms with E-state index in [1.54, 1.807) is 0 Å². The minimum Gasteiger partial charge on any atom is -0.407 e. The smallest absolute Gasteiger partial charge is 0.261 e. The van der Waals surface area contributed by atoms with Crippen LogP contribution in [-0.4, -0.2) is 24.5 Å². The molecule has 2 heterocycles. The van der Waals surface area contributed by atoms with Gasteiger partial charge in [0.1, 0.15) is 0 Å². The van der Waals surface area contributed by atoms with Crippen LogP contribution in [0.15, 0.2) is 102 Å². The molecular formula is C39H47BrN2OSi. The standard InChI is InChI=1S/C39H47BrN2OSi/c1-9-42-35-23-22-29(40)25-33(35)34(37(42)32-21-16-24-41-36(32)28(2)3)26-39(7,8)27-43-44(38(4,5)6,30-17-12-10-13-18-30)31-19-14-11-15-20-31/h10-25,28H,9,26-27H2,1-8H3. The van der Waals surface area contributed by atoms with E-state index in [2.05, 4.69) is 167 Å². The maximum absolute atomic E-state index is 7.49. The van der Waals surface area contributed by atoms with Gasteiger partial charge in [-0.05, 0) is 76.0 Å². The summed E-state index contributed by atoms with van der Waals surface area (Å²) in [4.78, 5) is 4.88. The van der Waals surface area contributed by atoms with Crippen molar-refractivity contribution in [2.45, 2.75) is 79.3 Å². The van der Waals surface area contributed by atoms with Gasteiger partial charge in [0.05, 0.1) is 11.4 Å². The van der Waals surface area contributed by atoms with Gasteiger partial charge in [0, 0.05) is 40.3 Å². The Morgan fingerprint density at radius 3 is 2.00 bits per heavy atom. The molecule has 0 bridgehead atoms. The van der Waals surface area contributed by atoms with Gasteiger partial charge in [0.2, 0.25) is 0 Å². The predicted molar refractivity (Wildman–Crippen MR) is 194 cm³/mol. The molecule has 5 rings (SSSR count). The fourth-order valence-electron chi connectivity index (χ4n) is 6.88. The zero-order chi connectivity index (χ0) is 31.7. The van der Waals surface area contributed by atoms with E-state index in [0.717, 1.165) is 23.1 Å². The third kappa shape index (κ3) is 6.11. The number of aromatic nitrogens is 2. The summed E-state index contributed by atoms with van der Waals surface area (Å²) < 4.78 is 11.1. The first-order valence-electron chi connectivity index (χ1n) is 15.9. The van der Waals surface area contributed by atoms with Crippen LogP contribution in [0.4, 0.5) is 0 Å². The monoisotopic (exact) mass is 666 g/mol. The topological polar surface area (TPSA) is 27.1 Å². The second-order valence-electron chi connectivity index (χ2n) is 14.1. The van der Waals surface area contributed by atoms with Gasteiger partial charge in [0.15, 0.2) is 0 Å². The van der Waals surface area contributed by atoms with Crippen LogP contribution in [0.2, 0.25) is 5.04 Å². The van der Waals surface area contributed by atoms with Gasteiger partial charge in [-0.25, -0.2) is 0 Å². The molecule has 5 heteroatoms. The summed E-state index contributed by atoms with van der Waals surface area (Å²) in [5, 5.41) is 3.87. The molecule has 0 saturated heterocycles. The van der Waals surface area contributed by atoms with Crippen molar-refractivity contribution in [2.24, 2.45) is 5.41 Å². The number of benzene rings is 3. The third-order valence-electron chi connectivity index (χ3n) is 8.84. The van der Waals surface area contributed by atoms with Crippen LogP contribution < -0.4 is 10.4 Å². The lowest BCUT2D eigenvalue weighted by Gasteiger charge is -2.44. The molecule has 0 unspecified atom stereocenters. The van der Waals surface area contributed by atoms with E-state index in [0.29, 0.717) is 12.5 Å². The Morgan fingerprint density at radius 2 is 1.45 bits per heavy atom. The molecule has 0 fully saturated rings. The lowest BCUT2D eigenvalue weighted by molar-refractivity contribution is 0.170. The molecule has 0 aliphatic carbocycles. The van der Waals surface area contributed by atoms with Gasteiger partial charge in [-0.15, -0.1) is 0 Å². The first-order chi connectivity index (χ1) is 20.9. The Kier molecular flexibility index (Phi) is 9.41. The first kappa shape index (κ1) is 32.4. The zero-order valence-electron chi connectivity index (χ0n) is 27.6. The summed E-state index contributed by atoms with van der Waals surface area (Å²) in [6.45, 7) is 20.1. The molecule has 3 aromatic carbocycles. The third-order valence-corrected chi connectivity index (χ3v) is 14.3. The van der Waals surface area contributed by atoms with Crippen LogP contribution in [-0.2, 0) is 17.4 Å². The first-order valence-corrected chi connectivity index (χ1v) is 18.6. The quantitative estimate of drug-likeness (QED) is 0.139. The molecular weight excluding hydrogens is 620 g/mol. The number of pyridine rings is 1. The molecule has 0 atom stereocenters. The maximum atomic E-state index is 7.49. The summed E-state index contributed by atoms with van der Waals surface area (Å²) in [5.74, 6) is 0.320. The number of halogens is 1. The predicted octanol–water partition coefficient (Wildman–Crippen LogP) is 9.75. The molecule has 2 aromatic heterocycles. The number of hydrogen-bond acceptors (Lipinski definition) is 2. The van der Waals surface area contributed by atoms with Crippen molar-refractivity contribution in [1.82, 2.24) is 9.55 Å². The van der Waals surface area contributed by atoms with Crippen LogP contribution in [0.3, 0.4) is 0 Å². The van der Waals surface area contributed by atoms with Crippen molar-refractivity contribution < 1.29 is 4.43 Å². The molecule has 0 saturated carbocycles. The second kappa shape index (κ2) is 12.8. The molecule has 5 aromatic rings. The van der Waals surface area contributed by atoms with Gasteiger partial charge in [-0.3, -0.25) is 4.98 Å². The van der Waals surface area contributed by atoms with Crippen molar-refractivity contribution in [3.63, 3.8) is 0 Å². The number of hydrogen-bond donors (Lipinski definition) is 0. The van der Waals surface area contributed by atoms with E-state index >= 15 is 0 Å². The zero-order valence-corrected chi connectivity index (χ0v) is 30.2. The molecule has 44 heavy (non-hydrogen) atoms. The van der Waals surface area contributed by atoms with Crippen molar-refractivity contribution in [1.29, 1.82) is 0 Å². The van der Waals surface area contributed by atoms with Gasteiger partial charge < -0.3 is 8.99 Å². The van der Waals surface area contributed by atoms with E-state index in [1.807, 2.05) is 6.20 Å². The van der Waals surface area contributed by atoms with E-state index in [4.69, 9.17) is 9.41 Å². The average Bonchev–Trinajstić information content (AvgIpc) is 3.29. The summed E-state index contributed by atoms with van der Waals surface area (Å²) in [6, 6.07) is 33.0. The minimum absolute atomic E-state index is 0.0675. The largest absolute Gasteiger partial charge is 0.407 e. The van der Waals surface area contributed by atoms with Crippen molar-refractivity contribution in [3.8, 4) is 11.3 Å². The fourth-order valence-corrected chi connectivity index (χ4v) is 12.0. The highest BCUT2D eigenvalue weighted by Crippen LogP contribution is 2.42. The minimum atomic E-state index is -2.66. The van der Waals surface area contributed by atoms with Crippen LogP contribution in [0.25, 0.3) is 22.2 Å². The fraction of sp³-hybridized carbons (Fsp3) is 0.359. The number of aryl methyl sites for hydroxylation is 1. The van der Waals surface area contributed by atoms with E-state index in [9.17, 15) is 0 Å². The lowest BCUT2D eigenvalue weighted by atomic mass is 9.84. The summed E-state index contributed by atoms with van der Waals surface area (Å²) in [7, 11) is -2.66. The molecule has 0 aliphatic rings. The van der Waals surface area contributed by atoms with Crippen LogP contribution in [0.5, 0.6) is 0 Å². The van der Waals surface area contributed by atoms with Gasteiger partial charge >= 0.3 is 0 Å². The maximum Gasteiger partial charge on any atom is 0.261 e. The molecule has 3 nitrogen and oxygen atoms in total. The molecule has 0 amide bonds. The van der Waals surface area contributed by atoms with E-state index < -0.39 is 8.32 Å². The molecule has 0 N–H and O–H groups in total. The van der Waals surface area contributed by atoms with Gasteiger partial charge in [0.25, 0.3) is 8.32 Å². The number of rotatable bonds is 10. The Labute approximate surface area is 274 Å². The molecule has 230 valence electrons. The summed E-state index contributed by atoms with van der Waals surface area (Å²) in [5.41, 5.74) is 6.16. The Morgan fingerprint density at radius 1 is 0.841 bits per heavy atom. The average molecular weight is 668 g/mol. The van der Waals surface area contributed by atoms with Crippen molar-refractivity contribution >= 4 is 45.5 Å². The highest BCUT2D eigenvalue weighted by molar-refractivity contribution is 9.10. The van der Waals surface area contributed by atoms with Crippen molar-refractivity contribution in [3.05, 3.63) is 113 Å². The summed E-state index contributed by atoms with van der Waals surface area (Å²) in [6.07, 6.45) is 2.81. The summed E-state index contributed by atoms with van der Waals surface area (Å²) >= 11 is 3.79. The number of fused-ring (bicyclic) bond motifs is 1. The van der Waals surface area contributed by atoms with Gasteiger partial charge in [-0.2, -0.15) is 0 Å². The van der Waals surface area contributed by atoms with Crippen LogP contribution in [0.1, 0.15) is 72.6 Å². The highest BCUT2D eigenvalue weighted by Gasteiger charge is 2.50. The molecule has 0 spiro atoms. The van der Waals surface area contributed by atoms with E-state index in [-0.39, 0.29) is 10.5 Å². The molecule has 0 radical (unpaired) electrons. The van der Waals surface area contributed by atoms with Crippen LogP contribution >= 0.6 is 15.9 Å². The SMILES string of the molecule is CCn1c(-c2cccnc2C(C)C)c(CC(C)(C)CO[Si](c2ccccc2)(c2ccccc2)C(C)(C)C)c2cc(Br)ccc21. The normalized spacial score (nSPS) is 12.8. The number of nitrogens with zero attached hydrogens (tertiary/aromatic N) is 2. The Hall–Kier alpha value is -2.99. The molecule has 0 aliphatic heterocycles.